The quantitative estimate of drug-likeness (QED) is 0.0658. The van der Waals surface area contributed by atoms with E-state index in [4.69, 9.17) is 0 Å². The molecule has 0 amide bonds. The Bertz CT molecular complexity index is 1030. The number of unbranched alkanes of at least 4 members (excludes halogenated alkanes) is 20. The predicted molar refractivity (Wildman–Crippen MR) is 172 cm³/mol. The molecule has 0 aliphatic rings. The van der Waals surface area contributed by atoms with Crippen molar-refractivity contribution in [1.29, 1.82) is 0 Å². The monoisotopic (exact) mass is 594 g/mol. The van der Waals surface area contributed by atoms with Crippen molar-refractivity contribution < 1.29 is 42.5 Å². The normalized spacial score (nSPS) is 11.7. The second kappa shape index (κ2) is 24.0. The van der Waals surface area contributed by atoms with E-state index in [1.54, 1.807) is 6.07 Å². The molecule has 5 heteroatoms. The molecule has 0 unspecified atom stereocenters. The molecule has 0 heterocycles. The van der Waals surface area contributed by atoms with E-state index in [1.165, 1.54) is 152 Å². The maximum absolute atomic E-state index is 11.9. The summed E-state index contributed by atoms with van der Waals surface area (Å²) < 4.78 is 35.8. The zero-order valence-electron chi connectivity index (χ0n) is 27.0. The van der Waals surface area contributed by atoms with Crippen LogP contribution in [0.25, 0.3) is 10.8 Å². The molecule has 0 atom stereocenters. The van der Waals surface area contributed by atoms with Crippen LogP contribution >= 0.6 is 0 Å². The second-order valence-corrected chi connectivity index (χ2v) is 13.4. The first-order valence-electron chi connectivity index (χ1n) is 17.0. The summed E-state index contributed by atoms with van der Waals surface area (Å²) in [6.07, 6.45) is 31.1. The third-order valence-corrected chi connectivity index (χ3v) is 9.47. The molecule has 2 rings (SSSR count). The standard InChI is InChI=1S/C36H60O3S.Na/c1-3-5-7-9-11-13-15-17-19-21-23-26-32-30-31-35-34(28-25-29-36(35)40(37,38)39)33(32)27-24-22-20-18-16-14-12-10-8-6-4-2;/h25,28-31H,3-24,26-27H2,1-2H3,(H,37,38,39);/q;+1/p-1. The van der Waals surface area contributed by atoms with E-state index in [2.05, 4.69) is 19.9 Å². The maximum Gasteiger partial charge on any atom is 1.00 e. The van der Waals surface area contributed by atoms with Gasteiger partial charge in [-0.2, -0.15) is 0 Å². The Morgan fingerprint density at radius 3 is 1.37 bits per heavy atom. The summed E-state index contributed by atoms with van der Waals surface area (Å²) in [5.74, 6) is 0. The first-order chi connectivity index (χ1) is 19.5. The number of rotatable bonds is 25. The molecular weight excluding hydrogens is 535 g/mol. The van der Waals surface area contributed by atoms with Gasteiger partial charge in [0, 0.05) is 0 Å². The predicted octanol–water partition coefficient (Wildman–Crippen LogP) is 8.45. The fraction of sp³-hybridized carbons (Fsp3) is 0.722. The van der Waals surface area contributed by atoms with Gasteiger partial charge in [0.15, 0.2) is 0 Å². The molecule has 0 saturated heterocycles. The number of hydrogen-bond acceptors (Lipinski definition) is 3. The Morgan fingerprint density at radius 1 is 0.512 bits per heavy atom. The molecule has 0 spiro atoms. The topological polar surface area (TPSA) is 57.2 Å². The summed E-state index contributed by atoms with van der Waals surface area (Å²) in [7, 11) is -4.49. The summed E-state index contributed by atoms with van der Waals surface area (Å²) in [5.41, 5.74) is 2.61. The van der Waals surface area contributed by atoms with Crippen molar-refractivity contribution >= 4 is 20.9 Å². The van der Waals surface area contributed by atoms with Gasteiger partial charge in [-0.1, -0.05) is 167 Å². The number of hydrogen-bond donors (Lipinski definition) is 0. The van der Waals surface area contributed by atoms with Gasteiger partial charge in [-0.25, -0.2) is 8.42 Å². The van der Waals surface area contributed by atoms with Crippen LogP contribution in [-0.4, -0.2) is 13.0 Å². The van der Waals surface area contributed by atoms with Crippen LogP contribution in [0.3, 0.4) is 0 Å². The largest absolute Gasteiger partial charge is 1.00 e. The van der Waals surface area contributed by atoms with Crippen LogP contribution < -0.4 is 29.6 Å². The second-order valence-electron chi connectivity index (χ2n) is 12.1. The average molecular weight is 595 g/mol. The van der Waals surface area contributed by atoms with Crippen LogP contribution in [0.5, 0.6) is 0 Å². The summed E-state index contributed by atoms with van der Waals surface area (Å²) in [5, 5.41) is 1.56. The van der Waals surface area contributed by atoms with Gasteiger partial charge >= 0.3 is 29.6 Å². The molecule has 41 heavy (non-hydrogen) atoms. The van der Waals surface area contributed by atoms with Crippen LogP contribution in [0.4, 0.5) is 0 Å². The van der Waals surface area contributed by atoms with Gasteiger partial charge in [-0.15, -0.1) is 0 Å². The van der Waals surface area contributed by atoms with E-state index in [0.29, 0.717) is 5.39 Å². The first kappa shape index (κ1) is 38.6. The van der Waals surface area contributed by atoms with Crippen LogP contribution in [0, 0.1) is 0 Å². The Kier molecular flexibility index (Phi) is 22.6. The zero-order valence-corrected chi connectivity index (χ0v) is 29.8. The molecule has 0 fully saturated rings. The van der Waals surface area contributed by atoms with Gasteiger partial charge in [0.1, 0.15) is 10.1 Å². The van der Waals surface area contributed by atoms with Crippen LogP contribution in [0.1, 0.15) is 166 Å². The molecule has 0 bridgehead atoms. The Balaban J connectivity index is 0.00000840. The van der Waals surface area contributed by atoms with Crippen LogP contribution in [0.2, 0.25) is 0 Å². The summed E-state index contributed by atoms with van der Waals surface area (Å²) in [6, 6.07) is 9.18. The van der Waals surface area contributed by atoms with Gasteiger partial charge in [0.05, 0.1) is 4.90 Å². The maximum atomic E-state index is 11.9. The third kappa shape index (κ3) is 16.3. The fourth-order valence-electron chi connectivity index (χ4n) is 6.13. The molecule has 2 aromatic carbocycles. The molecule has 228 valence electrons. The third-order valence-electron chi connectivity index (χ3n) is 8.58. The van der Waals surface area contributed by atoms with Crippen LogP contribution in [0.15, 0.2) is 35.2 Å². The van der Waals surface area contributed by atoms with Gasteiger partial charge in [-0.05, 0) is 53.6 Å². The zero-order chi connectivity index (χ0) is 28.9. The van der Waals surface area contributed by atoms with Crippen LogP contribution in [-0.2, 0) is 23.0 Å². The minimum atomic E-state index is -4.49. The Hall–Kier alpha value is -0.390. The Morgan fingerprint density at radius 2 is 0.927 bits per heavy atom. The van der Waals surface area contributed by atoms with Gasteiger partial charge < -0.3 is 4.55 Å². The van der Waals surface area contributed by atoms with E-state index in [0.717, 1.165) is 24.6 Å². The van der Waals surface area contributed by atoms with E-state index in [9.17, 15) is 13.0 Å². The number of fused-ring (bicyclic) bond motifs is 1. The van der Waals surface area contributed by atoms with Crippen molar-refractivity contribution in [2.75, 3.05) is 0 Å². The fourth-order valence-corrected chi connectivity index (χ4v) is 6.82. The van der Waals surface area contributed by atoms with Crippen molar-refractivity contribution in [2.45, 2.75) is 173 Å². The molecule has 0 aliphatic heterocycles. The van der Waals surface area contributed by atoms with E-state index in [1.807, 2.05) is 12.1 Å². The van der Waals surface area contributed by atoms with Crippen molar-refractivity contribution in [3.63, 3.8) is 0 Å². The molecule has 0 saturated carbocycles. The minimum absolute atomic E-state index is 0. The molecule has 0 aliphatic carbocycles. The Labute approximate surface area is 276 Å². The molecular formula is C36H59NaO3S. The van der Waals surface area contributed by atoms with Crippen molar-refractivity contribution in [1.82, 2.24) is 0 Å². The first-order valence-corrected chi connectivity index (χ1v) is 18.4. The van der Waals surface area contributed by atoms with Gasteiger partial charge in [-0.3, -0.25) is 0 Å². The molecule has 0 aromatic heterocycles. The van der Waals surface area contributed by atoms with Gasteiger partial charge in [0.25, 0.3) is 0 Å². The summed E-state index contributed by atoms with van der Waals surface area (Å²) in [6.45, 7) is 4.54. The minimum Gasteiger partial charge on any atom is -0.744 e. The number of aryl methyl sites for hydroxylation is 2. The average Bonchev–Trinajstić information content (AvgIpc) is 2.94. The number of benzene rings is 2. The summed E-state index contributed by atoms with van der Waals surface area (Å²) in [4.78, 5) is -0.0774. The van der Waals surface area contributed by atoms with Crippen molar-refractivity contribution in [3.05, 3.63) is 41.5 Å². The summed E-state index contributed by atoms with van der Waals surface area (Å²) >= 11 is 0. The SMILES string of the molecule is CCCCCCCCCCCCCc1ccc2c(S(=O)(=O)[O-])cccc2c1CCCCCCCCCCCCC.[Na+]. The molecule has 0 radical (unpaired) electrons. The van der Waals surface area contributed by atoms with Crippen molar-refractivity contribution in [3.8, 4) is 0 Å². The van der Waals surface area contributed by atoms with Gasteiger partial charge in [0.2, 0.25) is 0 Å². The molecule has 0 N–H and O–H groups in total. The van der Waals surface area contributed by atoms with E-state index >= 15 is 0 Å². The van der Waals surface area contributed by atoms with E-state index in [-0.39, 0.29) is 34.5 Å². The molecule has 3 nitrogen and oxygen atoms in total. The molecule has 2 aromatic rings. The van der Waals surface area contributed by atoms with Crippen molar-refractivity contribution in [2.24, 2.45) is 0 Å². The smallest absolute Gasteiger partial charge is 0.744 e. The van der Waals surface area contributed by atoms with E-state index < -0.39 is 10.1 Å².